The Morgan fingerprint density at radius 1 is 0.871 bits per heavy atom. The smallest absolute Gasteiger partial charge is 0.335 e. The number of imide groups is 1. The molecule has 1 heterocycles. The van der Waals surface area contributed by atoms with E-state index in [1.54, 1.807) is 36.4 Å². The van der Waals surface area contributed by atoms with Crippen LogP contribution >= 0.6 is 0 Å². The van der Waals surface area contributed by atoms with E-state index in [2.05, 4.69) is 5.32 Å². The highest BCUT2D eigenvalue weighted by Crippen LogP contribution is 2.30. The molecule has 0 fully saturated rings. The van der Waals surface area contributed by atoms with Crippen molar-refractivity contribution >= 4 is 35.1 Å². The Hall–Kier alpha value is -4.46. The van der Waals surface area contributed by atoms with Gasteiger partial charge in [0, 0.05) is 11.3 Å². The van der Waals surface area contributed by atoms with E-state index in [0.717, 1.165) is 4.90 Å². The molecule has 8 heteroatoms. The Labute approximate surface area is 176 Å². The minimum Gasteiger partial charge on any atom is -0.497 e. The number of fused-ring (bicyclic) bond motifs is 1. The molecule has 1 aliphatic heterocycles. The number of methoxy groups -OCH3 is 1. The first-order valence-electron chi connectivity index (χ1n) is 9.20. The molecular weight excluding hydrogens is 400 g/mol. The Bertz CT molecular complexity index is 1230. The number of rotatable bonds is 5. The maximum atomic E-state index is 12.7. The van der Waals surface area contributed by atoms with E-state index in [0.29, 0.717) is 22.7 Å². The summed E-state index contributed by atoms with van der Waals surface area (Å²) in [6, 6.07) is 16.7. The molecule has 1 aliphatic rings. The number of anilines is 2. The van der Waals surface area contributed by atoms with Crippen molar-refractivity contribution in [2.24, 2.45) is 0 Å². The van der Waals surface area contributed by atoms with Gasteiger partial charge in [-0.15, -0.1) is 0 Å². The Kier molecular flexibility index (Phi) is 4.96. The molecule has 3 aromatic carbocycles. The molecule has 0 saturated carbocycles. The van der Waals surface area contributed by atoms with Crippen molar-refractivity contribution in [1.82, 2.24) is 0 Å². The summed E-state index contributed by atoms with van der Waals surface area (Å²) in [5, 5.41) is 11.9. The number of carboxylic acid groups (broad SMARTS) is 1. The minimum atomic E-state index is -1.18. The van der Waals surface area contributed by atoms with Crippen molar-refractivity contribution in [1.29, 1.82) is 0 Å². The van der Waals surface area contributed by atoms with Crippen LogP contribution < -0.4 is 15.0 Å². The molecule has 3 aromatic rings. The molecule has 4 rings (SSSR count). The predicted octanol–water partition coefficient (Wildman–Crippen LogP) is 3.45. The zero-order chi connectivity index (χ0) is 22.1. The number of carbonyl (C=O) groups excluding carboxylic acids is 3. The van der Waals surface area contributed by atoms with E-state index < -0.39 is 17.8 Å². The van der Waals surface area contributed by atoms with Gasteiger partial charge in [0.1, 0.15) is 5.75 Å². The molecule has 154 valence electrons. The Morgan fingerprint density at radius 3 is 2.26 bits per heavy atom. The molecule has 3 amide bonds. The fourth-order valence-corrected chi connectivity index (χ4v) is 3.27. The number of ether oxygens (including phenoxy) is 1. The van der Waals surface area contributed by atoms with Crippen molar-refractivity contribution in [3.8, 4) is 5.75 Å². The molecule has 8 nitrogen and oxygen atoms in total. The van der Waals surface area contributed by atoms with Gasteiger partial charge in [-0.05, 0) is 60.7 Å². The minimum absolute atomic E-state index is 0.0419. The number of hydrogen-bond acceptors (Lipinski definition) is 5. The monoisotopic (exact) mass is 416 g/mol. The number of benzene rings is 3. The highest BCUT2D eigenvalue weighted by atomic mass is 16.5. The van der Waals surface area contributed by atoms with Crippen LogP contribution in [-0.4, -0.2) is 35.9 Å². The van der Waals surface area contributed by atoms with E-state index >= 15 is 0 Å². The lowest BCUT2D eigenvalue weighted by Gasteiger charge is -2.14. The molecule has 0 saturated heterocycles. The van der Waals surface area contributed by atoms with Gasteiger partial charge in [0.2, 0.25) is 0 Å². The second-order valence-corrected chi connectivity index (χ2v) is 6.74. The summed E-state index contributed by atoms with van der Waals surface area (Å²) in [5.74, 6) is -2.10. The lowest BCUT2D eigenvalue weighted by molar-refractivity contribution is 0.0696. The van der Waals surface area contributed by atoms with Crippen molar-refractivity contribution in [3.05, 3.63) is 89.0 Å². The maximum Gasteiger partial charge on any atom is 0.335 e. The first kappa shape index (κ1) is 19.8. The summed E-state index contributed by atoms with van der Waals surface area (Å²) in [7, 11) is 1.51. The molecule has 0 aliphatic carbocycles. The number of nitrogens with one attached hydrogen (secondary N) is 1. The van der Waals surface area contributed by atoms with Gasteiger partial charge < -0.3 is 15.2 Å². The number of carboxylic acids is 1. The van der Waals surface area contributed by atoms with Crippen molar-refractivity contribution in [2.45, 2.75) is 0 Å². The van der Waals surface area contributed by atoms with Gasteiger partial charge in [0.15, 0.2) is 0 Å². The molecule has 31 heavy (non-hydrogen) atoms. The fraction of sp³-hybridized carbons (Fsp3) is 0.0435. The van der Waals surface area contributed by atoms with Crippen molar-refractivity contribution in [2.75, 3.05) is 17.3 Å². The largest absolute Gasteiger partial charge is 0.497 e. The van der Waals surface area contributed by atoms with Gasteiger partial charge >= 0.3 is 5.97 Å². The van der Waals surface area contributed by atoms with E-state index in [-0.39, 0.29) is 22.6 Å². The lowest BCUT2D eigenvalue weighted by Crippen LogP contribution is -2.29. The molecule has 0 unspecified atom stereocenters. The number of nitrogens with zero attached hydrogens (tertiary/aromatic N) is 1. The topological polar surface area (TPSA) is 113 Å². The van der Waals surface area contributed by atoms with Gasteiger partial charge in [0.25, 0.3) is 17.7 Å². The fourth-order valence-electron chi connectivity index (χ4n) is 3.27. The molecule has 2 N–H and O–H groups in total. The molecule has 0 spiro atoms. The third-order valence-corrected chi connectivity index (χ3v) is 4.85. The summed E-state index contributed by atoms with van der Waals surface area (Å²) < 4.78 is 5.11. The normalized spacial score (nSPS) is 12.5. The Balaban J connectivity index is 1.54. The summed E-state index contributed by atoms with van der Waals surface area (Å²) in [5.41, 5.74) is 1.31. The molecule has 0 atom stereocenters. The van der Waals surface area contributed by atoms with Gasteiger partial charge in [-0.25, -0.2) is 9.69 Å². The van der Waals surface area contributed by atoms with Crippen LogP contribution in [-0.2, 0) is 0 Å². The summed E-state index contributed by atoms with van der Waals surface area (Å²) in [6.07, 6.45) is 0. The van der Waals surface area contributed by atoms with Gasteiger partial charge in [-0.3, -0.25) is 14.4 Å². The maximum absolute atomic E-state index is 12.7. The number of aromatic carboxylic acids is 1. The van der Waals surface area contributed by atoms with E-state index in [1.165, 1.54) is 37.4 Å². The quantitative estimate of drug-likeness (QED) is 0.616. The first-order valence-corrected chi connectivity index (χ1v) is 9.20. The van der Waals surface area contributed by atoms with Crippen LogP contribution in [0.25, 0.3) is 0 Å². The van der Waals surface area contributed by atoms with E-state index in [9.17, 15) is 19.2 Å². The third-order valence-electron chi connectivity index (χ3n) is 4.85. The Morgan fingerprint density at radius 2 is 1.58 bits per heavy atom. The zero-order valence-corrected chi connectivity index (χ0v) is 16.3. The summed E-state index contributed by atoms with van der Waals surface area (Å²) in [6.45, 7) is 0. The van der Waals surface area contributed by atoms with Crippen molar-refractivity contribution < 1.29 is 29.0 Å². The average molecular weight is 416 g/mol. The SMILES string of the molecule is COc1cccc(C(=O)Nc2ccc(N3C(=O)c4ccc(C(=O)O)cc4C3=O)cc2)c1. The summed E-state index contributed by atoms with van der Waals surface area (Å²) in [4.78, 5) is 50.0. The molecule has 0 radical (unpaired) electrons. The molecular formula is C23H16N2O6. The van der Waals surface area contributed by atoms with Gasteiger partial charge in [-0.1, -0.05) is 6.07 Å². The highest BCUT2D eigenvalue weighted by Gasteiger charge is 2.37. The predicted molar refractivity (Wildman–Crippen MR) is 112 cm³/mol. The number of hydrogen-bond donors (Lipinski definition) is 2. The van der Waals surface area contributed by atoms with Crippen LogP contribution in [0, 0.1) is 0 Å². The second-order valence-electron chi connectivity index (χ2n) is 6.74. The van der Waals surface area contributed by atoms with Crippen LogP contribution in [0.4, 0.5) is 11.4 Å². The van der Waals surface area contributed by atoms with Crippen LogP contribution in [0.2, 0.25) is 0 Å². The second kappa shape index (κ2) is 7.75. The number of amides is 3. The van der Waals surface area contributed by atoms with E-state index in [1.807, 2.05) is 0 Å². The standard InChI is InChI=1S/C23H16N2O6/c1-31-17-4-2-3-13(11-17)20(26)24-15-6-8-16(9-7-15)25-21(27)18-10-5-14(23(29)30)12-19(18)22(25)28/h2-12H,1H3,(H,24,26)(H,29,30). The molecule has 0 bridgehead atoms. The highest BCUT2D eigenvalue weighted by molar-refractivity contribution is 6.34. The van der Waals surface area contributed by atoms with Gasteiger partial charge in [-0.2, -0.15) is 0 Å². The zero-order valence-electron chi connectivity index (χ0n) is 16.3. The van der Waals surface area contributed by atoms with Crippen LogP contribution in [0.3, 0.4) is 0 Å². The van der Waals surface area contributed by atoms with E-state index in [4.69, 9.17) is 9.84 Å². The first-order chi connectivity index (χ1) is 14.9. The average Bonchev–Trinajstić information content (AvgIpc) is 3.04. The molecule has 0 aromatic heterocycles. The lowest BCUT2D eigenvalue weighted by atomic mass is 10.1. The van der Waals surface area contributed by atoms with Crippen molar-refractivity contribution in [3.63, 3.8) is 0 Å². The van der Waals surface area contributed by atoms with Crippen LogP contribution in [0.1, 0.15) is 41.4 Å². The third kappa shape index (κ3) is 3.62. The van der Waals surface area contributed by atoms with Gasteiger partial charge in [0.05, 0.1) is 29.5 Å². The van der Waals surface area contributed by atoms with Crippen LogP contribution in [0.5, 0.6) is 5.75 Å². The number of carbonyl (C=O) groups is 4. The van der Waals surface area contributed by atoms with Crippen LogP contribution in [0.15, 0.2) is 66.7 Å². The summed E-state index contributed by atoms with van der Waals surface area (Å²) >= 11 is 0.